The molecule has 4 rings (SSSR count). The molecule has 150 valence electrons. The fourth-order valence-electron chi connectivity index (χ4n) is 3.08. The average Bonchev–Trinajstić information content (AvgIpc) is 3.36. The minimum atomic E-state index is -0.678. The van der Waals surface area contributed by atoms with Crippen molar-refractivity contribution in [2.75, 3.05) is 17.7 Å². The van der Waals surface area contributed by atoms with E-state index >= 15 is 0 Å². The Balaban J connectivity index is 1.48. The van der Waals surface area contributed by atoms with E-state index in [-0.39, 0.29) is 5.91 Å². The van der Waals surface area contributed by atoms with Gasteiger partial charge in [-0.1, -0.05) is 0 Å². The van der Waals surface area contributed by atoms with Crippen molar-refractivity contribution in [2.45, 2.75) is 0 Å². The number of H-pyrrole nitrogens is 1. The molecular formula is C22H18N4O4. The van der Waals surface area contributed by atoms with E-state index in [0.29, 0.717) is 33.8 Å². The van der Waals surface area contributed by atoms with Crippen molar-refractivity contribution in [2.24, 2.45) is 0 Å². The summed E-state index contributed by atoms with van der Waals surface area (Å²) in [5.41, 5.74) is 3.35. The van der Waals surface area contributed by atoms with Gasteiger partial charge < -0.3 is 20.4 Å². The van der Waals surface area contributed by atoms with E-state index < -0.39 is 11.9 Å². The molecule has 8 heteroatoms. The number of anilines is 2. The summed E-state index contributed by atoms with van der Waals surface area (Å²) < 4.78 is 5.05. The van der Waals surface area contributed by atoms with Gasteiger partial charge >= 0.3 is 6.03 Å². The average molecular weight is 402 g/mol. The predicted octanol–water partition coefficient (Wildman–Crippen LogP) is 3.48. The molecule has 0 saturated heterocycles. The molecule has 8 nitrogen and oxygen atoms in total. The van der Waals surface area contributed by atoms with Crippen molar-refractivity contribution in [1.82, 2.24) is 10.3 Å². The lowest BCUT2D eigenvalue weighted by Gasteiger charge is -2.09. The number of carbonyl (C=O) groups is 3. The number of benzene rings is 2. The van der Waals surface area contributed by atoms with Gasteiger partial charge in [0.2, 0.25) is 0 Å². The third-order valence-electron chi connectivity index (χ3n) is 4.56. The topological polar surface area (TPSA) is 112 Å². The first-order chi connectivity index (χ1) is 14.5. The van der Waals surface area contributed by atoms with E-state index in [0.717, 1.165) is 5.69 Å². The van der Waals surface area contributed by atoms with E-state index in [1.54, 1.807) is 54.7 Å². The molecule has 0 saturated carbocycles. The van der Waals surface area contributed by atoms with Crippen LogP contribution in [0.15, 0.2) is 60.8 Å². The Hall–Kier alpha value is -4.33. The van der Waals surface area contributed by atoms with Crippen LogP contribution in [-0.2, 0) is 4.79 Å². The van der Waals surface area contributed by atoms with Crippen LogP contribution in [0.1, 0.15) is 21.6 Å². The number of ether oxygens (including phenoxy) is 1. The van der Waals surface area contributed by atoms with Crippen LogP contribution in [0, 0.1) is 0 Å². The van der Waals surface area contributed by atoms with Crippen molar-refractivity contribution >= 4 is 40.9 Å². The summed E-state index contributed by atoms with van der Waals surface area (Å²) in [6.07, 6.45) is 3.50. The number of hydrogen-bond acceptors (Lipinski definition) is 4. The number of nitrogens with one attached hydrogen (secondary N) is 4. The van der Waals surface area contributed by atoms with Gasteiger partial charge in [-0.25, -0.2) is 4.79 Å². The van der Waals surface area contributed by atoms with E-state index in [4.69, 9.17) is 4.74 Å². The van der Waals surface area contributed by atoms with E-state index in [1.165, 1.54) is 7.11 Å². The largest absolute Gasteiger partial charge is 0.497 e. The van der Waals surface area contributed by atoms with Crippen LogP contribution in [0.4, 0.5) is 16.2 Å². The molecule has 0 bridgehead atoms. The second-order valence-electron chi connectivity index (χ2n) is 6.53. The van der Waals surface area contributed by atoms with Crippen LogP contribution < -0.4 is 20.7 Å². The zero-order valence-corrected chi connectivity index (χ0v) is 16.0. The summed E-state index contributed by atoms with van der Waals surface area (Å²) >= 11 is 0. The highest BCUT2D eigenvalue weighted by atomic mass is 16.5. The van der Waals surface area contributed by atoms with Crippen LogP contribution in [0.25, 0.3) is 11.6 Å². The SMILES string of the molecule is COc1ccc(C(=O)NC(=O)Nc2ccc3c(c2)C(=Cc2ccc[nH]2)C(=O)N3)cc1. The number of methoxy groups -OCH3 is 1. The first-order valence-corrected chi connectivity index (χ1v) is 9.11. The van der Waals surface area contributed by atoms with Crippen LogP contribution in [-0.4, -0.2) is 29.9 Å². The predicted molar refractivity (Wildman–Crippen MR) is 113 cm³/mol. The minimum absolute atomic E-state index is 0.226. The standard InChI is InChI=1S/C22H18N4O4/c1-30-16-7-4-13(5-8-16)20(27)26-22(29)24-15-6-9-19-17(12-15)18(21(28)25-19)11-14-3-2-10-23-14/h2-12,23H,1H3,(H,25,28)(H2,24,26,27,29). The highest BCUT2D eigenvalue weighted by Crippen LogP contribution is 2.34. The quantitative estimate of drug-likeness (QED) is 0.501. The zero-order valence-electron chi connectivity index (χ0n) is 16.0. The van der Waals surface area contributed by atoms with Crippen molar-refractivity contribution in [3.8, 4) is 5.75 Å². The molecule has 0 radical (unpaired) electrons. The number of imide groups is 1. The minimum Gasteiger partial charge on any atom is -0.497 e. The van der Waals surface area contributed by atoms with Crippen molar-refractivity contribution in [1.29, 1.82) is 0 Å². The fourth-order valence-corrected chi connectivity index (χ4v) is 3.08. The Kier molecular flexibility index (Phi) is 5.04. The van der Waals surface area contributed by atoms with Crippen LogP contribution >= 0.6 is 0 Å². The van der Waals surface area contributed by atoms with Gasteiger partial charge in [0.1, 0.15) is 5.75 Å². The third kappa shape index (κ3) is 3.93. The fraction of sp³-hybridized carbons (Fsp3) is 0.0455. The highest BCUT2D eigenvalue weighted by Gasteiger charge is 2.24. The first kappa shape index (κ1) is 19.0. The summed E-state index contributed by atoms with van der Waals surface area (Å²) in [7, 11) is 1.53. The van der Waals surface area contributed by atoms with E-state index in [9.17, 15) is 14.4 Å². The number of aromatic nitrogens is 1. The van der Waals surface area contributed by atoms with E-state index in [2.05, 4.69) is 20.9 Å². The number of amides is 4. The Morgan fingerprint density at radius 2 is 1.87 bits per heavy atom. The lowest BCUT2D eigenvalue weighted by molar-refractivity contribution is -0.110. The first-order valence-electron chi connectivity index (χ1n) is 9.11. The maximum Gasteiger partial charge on any atom is 0.326 e. The smallest absolute Gasteiger partial charge is 0.326 e. The number of aromatic amines is 1. The van der Waals surface area contributed by atoms with Gasteiger partial charge in [0.05, 0.1) is 12.7 Å². The number of fused-ring (bicyclic) bond motifs is 1. The molecule has 0 spiro atoms. The van der Waals surface area contributed by atoms with Gasteiger partial charge in [-0.2, -0.15) is 0 Å². The number of rotatable bonds is 4. The summed E-state index contributed by atoms with van der Waals surface area (Å²) in [5, 5.41) is 7.68. The van der Waals surface area contributed by atoms with Crippen molar-refractivity contribution in [3.05, 3.63) is 77.6 Å². The lowest BCUT2D eigenvalue weighted by Crippen LogP contribution is -2.34. The zero-order chi connectivity index (χ0) is 21.1. The van der Waals surface area contributed by atoms with Gasteiger partial charge in [0.25, 0.3) is 11.8 Å². The van der Waals surface area contributed by atoms with Gasteiger partial charge in [-0.3, -0.25) is 14.9 Å². The van der Waals surface area contributed by atoms with Gasteiger partial charge in [-0.15, -0.1) is 0 Å². The van der Waals surface area contributed by atoms with E-state index in [1.807, 2.05) is 12.1 Å². The van der Waals surface area contributed by atoms with Gasteiger partial charge in [-0.05, 0) is 60.7 Å². The molecule has 0 atom stereocenters. The Bertz CT molecular complexity index is 1150. The van der Waals surface area contributed by atoms with Crippen molar-refractivity contribution < 1.29 is 19.1 Å². The molecule has 30 heavy (non-hydrogen) atoms. The molecule has 4 N–H and O–H groups in total. The Morgan fingerprint density at radius 3 is 2.57 bits per heavy atom. The third-order valence-corrected chi connectivity index (χ3v) is 4.56. The molecule has 2 heterocycles. The monoisotopic (exact) mass is 402 g/mol. The molecule has 1 aromatic heterocycles. The molecule has 0 aliphatic carbocycles. The van der Waals surface area contributed by atoms with Crippen LogP contribution in [0.3, 0.4) is 0 Å². The maximum absolute atomic E-state index is 12.3. The second-order valence-corrected chi connectivity index (χ2v) is 6.53. The number of urea groups is 1. The number of hydrogen-bond donors (Lipinski definition) is 4. The molecule has 3 aromatic rings. The summed E-state index contributed by atoms with van der Waals surface area (Å²) in [6, 6.07) is 14.4. The molecular weight excluding hydrogens is 384 g/mol. The Morgan fingerprint density at radius 1 is 1.07 bits per heavy atom. The molecule has 2 aromatic carbocycles. The summed E-state index contributed by atoms with van der Waals surface area (Å²) in [4.78, 5) is 39.8. The van der Waals surface area contributed by atoms with Crippen LogP contribution in [0.5, 0.6) is 5.75 Å². The second kappa shape index (κ2) is 7.96. The number of carbonyl (C=O) groups excluding carboxylic acids is 3. The molecule has 4 amide bonds. The highest BCUT2D eigenvalue weighted by molar-refractivity contribution is 6.35. The summed E-state index contributed by atoms with van der Waals surface area (Å²) in [6.45, 7) is 0. The van der Waals surface area contributed by atoms with Gasteiger partial charge in [0, 0.05) is 34.4 Å². The lowest BCUT2D eigenvalue weighted by atomic mass is 10.1. The molecule has 1 aliphatic rings. The Labute approximate surface area is 171 Å². The normalized spacial score (nSPS) is 13.5. The maximum atomic E-state index is 12.3. The molecule has 1 aliphatic heterocycles. The summed E-state index contributed by atoms with van der Waals surface area (Å²) in [5.74, 6) is -0.156. The van der Waals surface area contributed by atoms with Crippen LogP contribution in [0.2, 0.25) is 0 Å². The molecule has 0 fully saturated rings. The molecule has 0 unspecified atom stereocenters. The van der Waals surface area contributed by atoms with Crippen molar-refractivity contribution in [3.63, 3.8) is 0 Å². The van der Waals surface area contributed by atoms with Gasteiger partial charge in [0.15, 0.2) is 0 Å².